The van der Waals surface area contributed by atoms with Crippen molar-refractivity contribution in [2.45, 2.75) is 52.6 Å². The van der Waals surface area contributed by atoms with Crippen molar-refractivity contribution in [3.8, 4) is 5.75 Å². The molecule has 2 aromatic carbocycles. The molecule has 0 fully saturated rings. The predicted molar refractivity (Wildman–Crippen MR) is 120 cm³/mol. The highest BCUT2D eigenvalue weighted by atomic mass is 16.5. The Kier molecular flexibility index (Phi) is 9.39. The van der Waals surface area contributed by atoms with E-state index in [0.717, 1.165) is 36.1 Å². The van der Waals surface area contributed by atoms with E-state index in [4.69, 9.17) is 4.74 Å². The van der Waals surface area contributed by atoms with Gasteiger partial charge in [-0.25, -0.2) is 0 Å². The fourth-order valence-corrected chi connectivity index (χ4v) is 3.35. The summed E-state index contributed by atoms with van der Waals surface area (Å²) < 4.78 is 5.23. The number of rotatable bonds is 11. The van der Waals surface area contributed by atoms with Gasteiger partial charge in [0.1, 0.15) is 11.8 Å². The number of hydrogen-bond acceptors (Lipinski definition) is 3. The second kappa shape index (κ2) is 12.0. The Morgan fingerprint density at radius 2 is 1.67 bits per heavy atom. The van der Waals surface area contributed by atoms with Gasteiger partial charge >= 0.3 is 0 Å². The van der Waals surface area contributed by atoms with E-state index in [1.807, 2.05) is 68.4 Å². The third-order valence-corrected chi connectivity index (χ3v) is 5.04. The molecule has 0 spiro atoms. The quantitative estimate of drug-likeness (QED) is 0.545. The molecular formula is C25H34N2O3. The molecule has 0 heterocycles. The number of nitrogens with one attached hydrogen (secondary N) is 1. The summed E-state index contributed by atoms with van der Waals surface area (Å²) in [5, 5.41) is 3.04. The van der Waals surface area contributed by atoms with Gasteiger partial charge in [0.25, 0.3) is 0 Å². The van der Waals surface area contributed by atoms with Crippen molar-refractivity contribution in [1.29, 1.82) is 0 Å². The molecule has 30 heavy (non-hydrogen) atoms. The standard InChI is InChI=1S/C25H34N2O3/c1-5-6-10-17-26-24(28)23(21-11-8-7-9-12-21)27(25(29)19(2)3)18-20-13-15-22(30-4)16-14-20/h7-9,11-16,19,23H,5-6,10,17-18H2,1-4H3,(H,26,28)/t23-/m0/s1. The maximum Gasteiger partial charge on any atom is 0.247 e. The van der Waals surface area contributed by atoms with Gasteiger partial charge in [0.15, 0.2) is 0 Å². The molecule has 1 N–H and O–H groups in total. The minimum Gasteiger partial charge on any atom is -0.497 e. The molecule has 0 unspecified atom stereocenters. The average molecular weight is 411 g/mol. The zero-order valence-electron chi connectivity index (χ0n) is 18.6. The second-order valence-corrected chi connectivity index (χ2v) is 7.78. The average Bonchev–Trinajstić information content (AvgIpc) is 2.77. The lowest BCUT2D eigenvalue weighted by molar-refractivity contribution is -0.144. The van der Waals surface area contributed by atoms with Crippen molar-refractivity contribution in [2.75, 3.05) is 13.7 Å². The summed E-state index contributed by atoms with van der Waals surface area (Å²) in [6, 6.07) is 16.5. The summed E-state index contributed by atoms with van der Waals surface area (Å²) in [6.07, 6.45) is 3.09. The molecule has 2 aromatic rings. The van der Waals surface area contributed by atoms with Crippen LogP contribution in [0.15, 0.2) is 54.6 Å². The van der Waals surface area contributed by atoms with Gasteiger partial charge in [-0.15, -0.1) is 0 Å². The lowest BCUT2D eigenvalue weighted by Gasteiger charge is -2.33. The van der Waals surface area contributed by atoms with Crippen molar-refractivity contribution in [3.63, 3.8) is 0 Å². The van der Waals surface area contributed by atoms with Crippen LogP contribution in [-0.2, 0) is 16.1 Å². The summed E-state index contributed by atoms with van der Waals surface area (Å²) >= 11 is 0. The lowest BCUT2D eigenvalue weighted by Crippen LogP contribution is -2.45. The van der Waals surface area contributed by atoms with Crippen LogP contribution in [0.3, 0.4) is 0 Å². The third kappa shape index (κ3) is 6.61. The van der Waals surface area contributed by atoms with Crippen LogP contribution in [0.5, 0.6) is 5.75 Å². The minimum atomic E-state index is -0.676. The van der Waals surface area contributed by atoms with Gasteiger partial charge in [-0.1, -0.05) is 76.1 Å². The van der Waals surface area contributed by atoms with E-state index in [0.29, 0.717) is 13.1 Å². The summed E-state index contributed by atoms with van der Waals surface area (Å²) in [5.41, 5.74) is 1.76. The Bertz CT molecular complexity index is 788. The molecular weight excluding hydrogens is 376 g/mol. The fourth-order valence-electron chi connectivity index (χ4n) is 3.35. The first kappa shape index (κ1) is 23.5. The largest absolute Gasteiger partial charge is 0.497 e. The van der Waals surface area contributed by atoms with E-state index in [9.17, 15) is 9.59 Å². The monoisotopic (exact) mass is 410 g/mol. The number of unbranched alkanes of at least 4 members (excludes halogenated alkanes) is 2. The number of benzene rings is 2. The number of nitrogens with zero attached hydrogens (tertiary/aromatic N) is 1. The van der Waals surface area contributed by atoms with Crippen LogP contribution in [-0.4, -0.2) is 30.4 Å². The first-order valence-electron chi connectivity index (χ1n) is 10.7. The summed E-state index contributed by atoms with van der Waals surface area (Å²) in [7, 11) is 1.62. The van der Waals surface area contributed by atoms with Gasteiger partial charge in [-0.2, -0.15) is 0 Å². The van der Waals surface area contributed by atoms with Crippen LogP contribution < -0.4 is 10.1 Å². The van der Waals surface area contributed by atoms with E-state index in [1.165, 1.54) is 0 Å². The molecule has 162 valence electrons. The molecule has 0 aromatic heterocycles. The van der Waals surface area contributed by atoms with Gasteiger partial charge in [-0.05, 0) is 29.7 Å². The van der Waals surface area contributed by atoms with Crippen LogP contribution in [0.1, 0.15) is 57.2 Å². The lowest BCUT2D eigenvalue weighted by atomic mass is 10.0. The zero-order chi connectivity index (χ0) is 21.9. The number of methoxy groups -OCH3 is 1. The Labute approximate surface area is 180 Å². The predicted octanol–water partition coefficient (Wildman–Crippen LogP) is 4.73. The number of hydrogen-bond donors (Lipinski definition) is 1. The van der Waals surface area contributed by atoms with Gasteiger partial charge in [0.2, 0.25) is 11.8 Å². The van der Waals surface area contributed by atoms with E-state index in [2.05, 4.69) is 12.2 Å². The molecule has 0 aliphatic carbocycles. The van der Waals surface area contributed by atoms with Gasteiger partial charge in [0.05, 0.1) is 7.11 Å². The molecule has 0 radical (unpaired) electrons. The number of carbonyl (C=O) groups excluding carboxylic acids is 2. The van der Waals surface area contributed by atoms with Crippen LogP contribution in [0.4, 0.5) is 0 Å². The Morgan fingerprint density at radius 1 is 1.00 bits per heavy atom. The van der Waals surface area contributed by atoms with Crippen molar-refractivity contribution < 1.29 is 14.3 Å². The van der Waals surface area contributed by atoms with E-state index >= 15 is 0 Å². The van der Waals surface area contributed by atoms with E-state index in [-0.39, 0.29) is 17.7 Å². The summed E-state index contributed by atoms with van der Waals surface area (Å²) in [6.45, 7) is 6.83. The zero-order valence-corrected chi connectivity index (χ0v) is 18.6. The second-order valence-electron chi connectivity index (χ2n) is 7.78. The molecule has 2 rings (SSSR count). The highest BCUT2D eigenvalue weighted by molar-refractivity contribution is 5.89. The topological polar surface area (TPSA) is 58.6 Å². The Morgan fingerprint density at radius 3 is 2.23 bits per heavy atom. The first-order valence-corrected chi connectivity index (χ1v) is 10.7. The molecule has 5 heteroatoms. The Hall–Kier alpha value is -2.82. The molecule has 0 aliphatic rings. The molecule has 0 bridgehead atoms. The first-order chi connectivity index (χ1) is 14.5. The normalized spacial score (nSPS) is 11.8. The highest BCUT2D eigenvalue weighted by Crippen LogP contribution is 2.26. The van der Waals surface area contributed by atoms with Crippen LogP contribution >= 0.6 is 0 Å². The minimum absolute atomic E-state index is 0.0524. The molecule has 0 saturated carbocycles. The van der Waals surface area contributed by atoms with Crippen LogP contribution in [0, 0.1) is 5.92 Å². The number of ether oxygens (including phenoxy) is 1. The third-order valence-electron chi connectivity index (χ3n) is 5.04. The SMILES string of the molecule is CCCCCNC(=O)[C@H](c1ccccc1)N(Cc1ccc(OC)cc1)C(=O)C(C)C. The van der Waals surface area contributed by atoms with Crippen molar-refractivity contribution in [2.24, 2.45) is 5.92 Å². The van der Waals surface area contributed by atoms with Crippen molar-refractivity contribution in [3.05, 3.63) is 65.7 Å². The number of carbonyl (C=O) groups is 2. The molecule has 0 aliphatic heterocycles. The molecule has 2 amide bonds. The van der Waals surface area contributed by atoms with Crippen LogP contribution in [0.25, 0.3) is 0 Å². The summed E-state index contributed by atoms with van der Waals surface area (Å²) in [4.78, 5) is 28.1. The highest BCUT2D eigenvalue weighted by Gasteiger charge is 2.32. The summed E-state index contributed by atoms with van der Waals surface area (Å²) in [5.74, 6) is 0.347. The van der Waals surface area contributed by atoms with Crippen LogP contribution in [0.2, 0.25) is 0 Å². The van der Waals surface area contributed by atoms with Gasteiger partial charge in [0, 0.05) is 19.0 Å². The van der Waals surface area contributed by atoms with Gasteiger partial charge in [-0.3, -0.25) is 9.59 Å². The van der Waals surface area contributed by atoms with Gasteiger partial charge < -0.3 is 15.0 Å². The maximum absolute atomic E-state index is 13.2. The Balaban J connectivity index is 2.35. The molecule has 0 saturated heterocycles. The van der Waals surface area contributed by atoms with Crippen molar-refractivity contribution >= 4 is 11.8 Å². The molecule has 5 nitrogen and oxygen atoms in total. The molecule has 1 atom stereocenters. The van der Waals surface area contributed by atoms with Crippen molar-refractivity contribution in [1.82, 2.24) is 10.2 Å². The number of amides is 2. The van der Waals surface area contributed by atoms with E-state index in [1.54, 1.807) is 12.0 Å². The fraction of sp³-hybridized carbons (Fsp3) is 0.440. The maximum atomic E-state index is 13.2. The van der Waals surface area contributed by atoms with E-state index < -0.39 is 6.04 Å². The smallest absolute Gasteiger partial charge is 0.247 e.